The number of H-pyrrole nitrogens is 1. The van der Waals surface area contributed by atoms with Gasteiger partial charge in [-0.1, -0.05) is 12.1 Å². The Labute approximate surface area is 197 Å². The van der Waals surface area contributed by atoms with Gasteiger partial charge in [-0.2, -0.15) is 0 Å². The zero-order chi connectivity index (χ0) is 23.1. The van der Waals surface area contributed by atoms with E-state index in [4.69, 9.17) is 14.5 Å². The number of methoxy groups -OCH3 is 1. The maximum atomic E-state index is 5.73. The fraction of sp³-hybridized carbons (Fsp3) is 0.231. The molecular formula is C26H26N6O2. The summed E-state index contributed by atoms with van der Waals surface area (Å²) in [5.41, 5.74) is 6.80. The normalized spacial score (nSPS) is 14.1. The lowest BCUT2D eigenvalue weighted by atomic mass is 10.1. The van der Waals surface area contributed by atoms with Gasteiger partial charge in [-0.15, -0.1) is 0 Å². The molecule has 0 saturated carbocycles. The molecule has 1 saturated heterocycles. The number of hydrogen-bond acceptors (Lipinski definition) is 6. The van der Waals surface area contributed by atoms with Crippen molar-refractivity contribution in [2.45, 2.75) is 6.92 Å². The highest BCUT2D eigenvalue weighted by atomic mass is 16.5. The van der Waals surface area contributed by atoms with Gasteiger partial charge in [0, 0.05) is 60.2 Å². The first-order valence-electron chi connectivity index (χ1n) is 11.4. The summed E-state index contributed by atoms with van der Waals surface area (Å²) in [6.45, 7) is 5.23. The van der Waals surface area contributed by atoms with Crippen molar-refractivity contribution in [2.24, 2.45) is 0 Å². The Hall–Kier alpha value is -4.04. The summed E-state index contributed by atoms with van der Waals surface area (Å²) in [6.07, 6.45) is 5.72. The summed E-state index contributed by atoms with van der Waals surface area (Å²) >= 11 is 0. The maximum absolute atomic E-state index is 5.73. The lowest BCUT2D eigenvalue weighted by molar-refractivity contribution is 0.122. The molecular weight excluding hydrogens is 428 g/mol. The minimum atomic E-state index is 0.693. The van der Waals surface area contributed by atoms with Crippen LogP contribution in [0.3, 0.4) is 0 Å². The molecule has 0 aliphatic carbocycles. The number of imidazole rings is 1. The summed E-state index contributed by atoms with van der Waals surface area (Å²) in [5, 5.41) is 4.66. The van der Waals surface area contributed by atoms with Gasteiger partial charge in [-0.05, 0) is 36.6 Å². The van der Waals surface area contributed by atoms with Crippen molar-refractivity contribution < 1.29 is 9.47 Å². The number of aromatic nitrogens is 4. The van der Waals surface area contributed by atoms with Gasteiger partial charge in [0.1, 0.15) is 5.75 Å². The van der Waals surface area contributed by atoms with Gasteiger partial charge in [0.2, 0.25) is 0 Å². The van der Waals surface area contributed by atoms with E-state index in [2.05, 4.69) is 67.9 Å². The number of anilines is 3. The van der Waals surface area contributed by atoms with Crippen molar-refractivity contribution in [2.75, 3.05) is 43.6 Å². The van der Waals surface area contributed by atoms with E-state index in [0.717, 1.165) is 71.5 Å². The molecule has 6 rings (SSSR count). The van der Waals surface area contributed by atoms with Crippen LogP contribution >= 0.6 is 0 Å². The van der Waals surface area contributed by atoms with E-state index >= 15 is 0 Å². The number of fused-ring (bicyclic) bond motifs is 2. The molecule has 34 heavy (non-hydrogen) atoms. The third-order valence-corrected chi connectivity index (χ3v) is 6.40. The highest BCUT2D eigenvalue weighted by Gasteiger charge is 2.18. The maximum Gasteiger partial charge on any atom is 0.180 e. The van der Waals surface area contributed by atoms with Gasteiger partial charge in [-0.3, -0.25) is 4.40 Å². The molecule has 0 unspecified atom stereocenters. The zero-order valence-corrected chi connectivity index (χ0v) is 19.2. The molecule has 1 aliphatic heterocycles. The second kappa shape index (κ2) is 8.39. The molecule has 3 aromatic heterocycles. The molecule has 8 heteroatoms. The number of ether oxygens (including phenoxy) is 2. The second-order valence-electron chi connectivity index (χ2n) is 8.41. The van der Waals surface area contributed by atoms with Crippen molar-refractivity contribution in [1.29, 1.82) is 0 Å². The molecule has 2 aromatic carbocycles. The van der Waals surface area contributed by atoms with Crippen LogP contribution in [0.5, 0.6) is 5.75 Å². The predicted molar refractivity (Wildman–Crippen MR) is 134 cm³/mol. The molecule has 0 spiro atoms. The molecule has 1 fully saturated rings. The molecule has 172 valence electrons. The van der Waals surface area contributed by atoms with E-state index in [1.54, 1.807) is 13.3 Å². The van der Waals surface area contributed by atoms with Gasteiger partial charge in [0.05, 0.1) is 31.7 Å². The molecule has 8 nitrogen and oxygen atoms in total. The molecule has 0 atom stereocenters. The molecule has 0 amide bonds. The number of nitrogens with one attached hydrogen (secondary N) is 2. The van der Waals surface area contributed by atoms with Crippen LogP contribution in [-0.2, 0) is 4.74 Å². The predicted octanol–water partition coefficient (Wildman–Crippen LogP) is 4.77. The van der Waals surface area contributed by atoms with Crippen LogP contribution in [0.15, 0.2) is 61.1 Å². The average molecular weight is 455 g/mol. The molecule has 0 bridgehead atoms. The number of benzene rings is 2. The van der Waals surface area contributed by atoms with Gasteiger partial charge < -0.3 is 24.7 Å². The largest absolute Gasteiger partial charge is 0.495 e. The standard InChI is InChI=1S/C26H26N6O2/c1-17-24(19-4-3-18-7-8-27-21(18)15-19)30-25(26-28-9-10-32(17)26)29-20-5-6-22(23(16-20)33-2)31-11-13-34-14-12-31/h3-10,15-16,27H,11-14H2,1-2H3,(H,29,30). The van der Waals surface area contributed by atoms with E-state index in [1.165, 1.54) is 5.39 Å². The Morgan fingerprint density at radius 2 is 1.97 bits per heavy atom. The smallest absolute Gasteiger partial charge is 0.180 e. The lowest BCUT2D eigenvalue weighted by Crippen LogP contribution is -2.36. The fourth-order valence-electron chi connectivity index (χ4n) is 4.62. The SMILES string of the molecule is COc1cc(Nc2nc(-c3ccc4cc[nH]c4c3)c(C)n3ccnc23)ccc1N1CCOCC1. The van der Waals surface area contributed by atoms with E-state index in [9.17, 15) is 0 Å². The van der Waals surface area contributed by atoms with Crippen molar-refractivity contribution >= 4 is 33.7 Å². The fourth-order valence-corrected chi connectivity index (χ4v) is 4.62. The first-order valence-corrected chi connectivity index (χ1v) is 11.4. The number of rotatable bonds is 5. The van der Waals surface area contributed by atoms with Gasteiger partial charge >= 0.3 is 0 Å². The topological polar surface area (TPSA) is 79.7 Å². The van der Waals surface area contributed by atoms with Crippen LogP contribution in [0.2, 0.25) is 0 Å². The van der Waals surface area contributed by atoms with Crippen molar-refractivity contribution in [3.8, 4) is 17.0 Å². The van der Waals surface area contributed by atoms with E-state index in [1.807, 2.05) is 18.5 Å². The third kappa shape index (κ3) is 3.52. The lowest BCUT2D eigenvalue weighted by Gasteiger charge is -2.30. The molecule has 4 heterocycles. The molecule has 1 aliphatic rings. The van der Waals surface area contributed by atoms with Gasteiger partial charge in [0.25, 0.3) is 0 Å². The summed E-state index contributed by atoms with van der Waals surface area (Å²) < 4.78 is 13.3. The molecule has 5 aromatic rings. The average Bonchev–Trinajstić information content (AvgIpc) is 3.56. The van der Waals surface area contributed by atoms with Crippen LogP contribution in [0.25, 0.3) is 27.8 Å². The summed E-state index contributed by atoms with van der Waals surface area (Å²) in [4.78, 5) is 15.2. The monoisotopic (exact) mass is 454 g/mol. The Kier molecular flexibility index (Phi) is 5.07. The van der Waals surface area contributed by atoms with Crippen molar-refractivity contribution in [3.63, 3.8) is 0 Å². The van der Waals surface area contributed by atoms with Gasteiger partial charge in [-0.25, -0.2) is 9.97 Å². The number of hydrogen-bond donors (Lipinski definition) is 2. The number of aromatic amines is 1. The summed E-state index contributed by atoms with van der Waals surface area (Å²) in [7, 11) is 1.70. The Bertz CT molecular complexity index is 1480. The Morgan fingerprint density at radius 1 is 1.09 bits per heavy atom. The third-order valence-electron chi connectivity index (χ3n) is 6.40. The van der Waals surface area contributed by atoms with Crippen LogP contribution < -0.4 is 15.0 Å². The van der Waals surface area contributed by atoms with E-state index in [-0.39, 0.29) is 0 Å². The summed E-state index contributed by atoms with van der Waals surface area (Å²) in [6, 6.07) is 14.6. The first-order chi connectivity index (χ1) is 16.7. The van der Waals surface area contributed by atoms with E-state index < -0.39 is 0 Å². The first kappa shape index (κ1) is 20.6. The quantitative estimate of drug-likeness (QED) is 0.398. The number of morpholine rings is 1. The van der Waals surface area contributed by atoms with Crippen LogP contribution in [0, 0.1) is 6.92 Å². The van der Waals surface area contributed by atoms with Crippen molar-refractivity contribution in [1.82, 2.24) is 19.4 Å². The zero-order valence-electron chi connectivity index (χ0n) is 19.2. The van der Waals surface area contributed by atoms with Crippen LogP contribution in [0.1, 0.15) is 5.69 Å². The Balaban J connectivity index is 1.40. The van der Waals surface area contributed by atoms with Crippen LogP contribution in [-0.4, -0.2) is 52.8 Å². The number of aryl methyl sites for hydroxylation is 1. The Morgan fingerprint density at radius 3 is 2.82 bits per heavy atom. The summed E-state index contributed by atoms with van der Waals surface area (Å²) in [5.74, 6) is 1.51. The molecule has 0 radical (unpaired) electrons. The molecule has 2 N–H and O–H groups in total. The van der Waals surface area contributed by atoms with Crippen molar-refractivity contribution in [3.05, 3.63) is 66.7 Å². The highest BCUT2D eigenvalue weighted by Crippen LogP contribution is 2.34. The highest BCUT2D eigenvalue weighted by molar-refractivity contribution is 5.85. The number of nitrogens with zero attached hydrogens (tertiary/aromatic N) is 4. The van der Waals surface area contributed by atoms with E-state index in [0.29, 0.717) is 5.82 Å². The minimum Gasteiger partial charge on any atom is -0.495 e. The minimum absolute atomic E-state index is 0.693. The van der Waals surface area contributed by atoms with Gasteiger partial charge in [0.15, 0.2) is 11.5 Å². The van der Waals surface area contributed by atoms with Crippen LogP contribution in [0.4, 0.5) is 17.2 Å². The second-order valence-corrected chi connectivity index (χ2v) is 8.41.